The molecule has 0 unspecified atom stereocenters. The summed E-state index contributed by atoms with van der Waals surface area (Å²) in [5, 5.41) is 13.3. The predicted molar refractivity (Wildman–Crippen MR) is 115 cm³/mol. The van der Waals surface area contributed by atoms with E-state index in [1.165, 1.54) is 18.4 Å². The summed E-state index contributed by atoms with van der Waals surface area (Å²) >= 11 is 7.39. The summed E-state index contributed by atoms with van der Waals surface area (Å²) in [5.41, 5.74) is 1.64. The predicted octanol–water partition coefficient (Wildman–Crippen LogP) is 4.62. The molecule has 1 aromatic carbocycles. The Balaban J connectivity index is 1.72. The van der Waals surface area contributed by atoms with Crippen molar-refractivity contribution in [1.82, 2.24) is 0 Å². The maximum Gasteiger partial charge on any atom is 0.341 e. The van der Waals surface area contributed by atoms with Gasteiger partial charge in [-0.05, 0) is 42.9 Å². The lowest BCUT2D eigenvalue weighted by Crippen LogP contribution is -2.36. The number of benzene rings is 1. The van der Waals surface area contributed by atoms with Crippen LogP contribution in [0.15, 0.2) is 36.4 Å². The van der Waals surface area contributed by atoms with Crippen LogP contribution in [-0.4, -0.2) is 30.1 Å². The quantitative estimate of drug-likeness (QED) is 0.517. The molecule has 4 atom stereocenters. The van der Waals surface area contributed by atoms with Gasteiger partial charge in [0.05, 0.1) is 18.9 Å². The summed E-state index contributed by atoms with van der Waals surface area (Å²) in [6.07, 6.45) is 4.47. The van der Waals surface area contributed by atoms with E-state index >= 15 is 0 Å². The zero-order chi connectivity index (χ0) is 21.6. The zero-order valence-electron chi connectivity index (χ0n) is 16.3. The van der Waals surface area contributed by atoms with Crippen LogP contribution in [0.2, 0.25) is 5.02 Å². The van der Waals surface area contributed by atoms with Crippen LogP contribution in [0.25, 0.3) is 11.1 Å². The van der Waals surface area contributed by atoms with Crippen LogP contribution in [0.5, 0.6) is 0 Å². The van der Waals surface area contributed by atoms with Gasteiger partial charge in [0.15, 0.2) is 0 Å². The molecule has 2 aromatic rings. The van der Waals surface area contributed by atoms with Crippen LogP contribution in [-0.2, 0) is 14.3 Å². The standard InChI is InChI=1S/C22H20ClNO5S/c1-10-15(11-4-3-5-14(23)9-11)18(22(28)29-2)20(30-10)24-19(25)16-12-6-7-13(8-12)17(16)21(26)27/h3-7,9,12-13,16-17H,8H2,1-2H3,(H,24,25)(H,26,27)/t12-,13-,16+,17+/m0/s1. The number of carbonyl (C=O) groups is 3. The summed E-state index contributed by atoms with van der Waals surface area (Å²) in [6.45, 7) is 1.85. The second-order valence-electron chi connectivity index (χ2n) is 7.57. The number of rotatable bonds is 5. The number of halogens is 1. The maximum absolute atomic E-state index is 13.1. The number of carbonyl (C=O) groups excluding carboxylic acids is 2. The lowest BCUT2D eigenvalue weighted by molar-refractivity contribution is -0.146. The number of allylic oxidation sites excluding steroid dienone is 2. The molecule has 30 heavy (non-hydrogen) atoms. The van der Waals surface area contributed by atoms with E-state index in [0.717, 1.165) is 10.4 Å². The molecule has 0 spiro atoms. The minimum absolute atomic E-state index is 0.105. The molecule has 0 saturated heterocycles. The number of hydrogen-bond donors (Lipinski definition) is 2. The third-order valence-corrected chi connectivity index (χ3v) is 7.13. The van der Waals surface area contributed by atoms with Crippen LogP contribution < -0.4 is 5.32 Å². The lowest BCUT2D eigenvalue weighted by atomic mass is 9.82. The molecule has 2 aliphatic rings. The van der Waals surface area contributed by atoms with E-state index in [0.29, 0.717) is 22.0 Å². The fraction of sp³-hybridized carbons (Fsp3) is 0.318. The van der Waals surface area contributed by atoms with Crippen LogP contribution in [0.3, 0.4) is 0 Å². The maximum atomic E-state index is 13.1. The second kappa shape index (κ2) is 7.89. The van der Waals surface area contributed by atoms with Crippen molar-refractivity contribution < 1.29 is 24.2 Å². The number of carboxylic acid groups (broad SMARTS) is 1. The van der Waals surface area contributed by atoms with Gasteiger partial charge in [-0.2, -0.15) is 0 Å². The number of anilines is 1. The van der Waals surface area contributed by atoms with E-state index in [2.05, 4.69) is 5.32 Å². The number of methoxy groups -OCH3 is 1. The highest BCUT2D eigenvalue weighted by molar-refractivity contribution is 7.17. The number of hydrogen-bond acceptors (Lipinski definition) is 5. The Kier molecular flexibility index (Phi) is 5.42. The van der Waals surface area contributed by atoms with Crippen molar-refractivity contribution in [3.05, 3.63) is 51.9 Å². The Morgan fingerprint density at radius 3 is 2.53 bits per heavy atom. The van der Waals surface area contributed by atoms with E-state index < -0.39 is 23.8 Å². The van der Waals surface area contributed by atoms with Gasteiger partial charge in [-0.3, -0.25) is 9.59 Å². The minimum Gasteiger partial charge on any atom is -0.481 e. The van der Waals surface area contributed by atoms with Gasteiger partial charge >= 0.3 is 11.9 Å². The average Bonchev–Trinajstić information content (AvgIpc) is 3.40. The van der Waals surface area contributed by atoms with Gasteiger partial charge in [0.2, 0.25) is 5.91 Å². The third-order valence-electron chi connectivity index (χ3n) is 5.87. The molecule has 156 valence electrons. The Labute approximate surface area is 182 Å². The van der Waals surface area contributed by atoms with Gasteiger partial charge in [0, 0.05) is 15.5 Å². The van der Waals surface area contributed by atoms with Crippen molar-refractivity contribution >= 4 is 45.8 Å². The molecule has 1 saturated carbocycles. The number of amides is 1. The Bertz CT molecular complexity index is 1080. The molecule has 0 aliphatic heterocycles. The number of carboxylic acids is 1. The minimum atomic E-state index is -0.970. The van der Waals surface area contributed by atoms with Crippen molar-refractivity contribution in [2.45, 2.75) is 13.3 Å². The number of nitrogens with one attached hydrogen (secondary N) is 1. The SMILES string of the molecule is COC(=O)c1c(NC(=O)[C@H]2[C@H](C(=O)O)[C@H]3C=C[C@H]2C3)sc(C)c1-c1cccc(Cl)c1. The van der Waals surface area contributed by atoms with Gasteiger partial charge in [-0.25, -0.2) is 4.79 Å². The highest BCUT2D eigenvalue weighted by Gasteiger charge is 2.51. The van der Waals surface area contributed by atoms with Gasteiger partial charge < -0.3 is 15.2 Å². The molecular formula is C22H20ClNO5S. The van der Waals surface area contributed by atoms with E-state index in [9.17, 15) is 19.5 Å². The molecule has 2 aliphatic carbocycles. The summed E-state index contributed by atoms with van der Waals surface area (Å²) in [4.78, 5) is 38.3. The van der Waals surface area contributed by atoms with Crippen LogP contribution in [0.1, 0.15) is 21.7 Å². The highest BCUT2D eigenvalue weighted by Crippen LogP contribution is 2.49. The van der Waals surface area contributed by atoms with E-state index in [1.54, 1.807) is 18.2 Å². The first-order chi connectivity index (χ1) is 14.3. The van der Waals surface area contributed by atoms with Gasteiger partial charge in [0.25, 0.3) is 0 Å². The van der Waals surface area contributed by atoms with Gasteiger partial charge in [-0.1, -0.05) is 35.9 Å². The van der Waals surface area contributed by atoms with Crippen molar-refractivity contribution in [1.29, 1.82) is 0 Å². The van der Waals surface area contributed by atoms with E-state index in [4.69, 9.17) is 16.3 Å². The molecule has 1 amide bonds. The first-order valence-corrected chi connectivity index (χ1v) is 10.7. The molecule has 1 aromatic heterocycles. The number of thiophene rings is 1. The highest BCUT2D eigenvalue weighted by atomic mass is 35.5. The number of esters is 1. The fourth-order valence-electron chi connectivity index (χ4n) is 4.63. The molecule has 1 heterocycles. The van der Waals surface area contributed by atoms with Gasteiger partial charge in [0.1, 0.15) is 10.6 Å². The van der Waals surface area contributed by atoms with Crippen LogP contribution in [0.4, 0.5) is 5.00 Å². The molecule has 0 radical (unpaired) electrons. The molecule has 8 heteroatoms. The number of aliphatic carboxylic acids is 1. The average molecular weight is 446 g/mol. The number of ether oxygens (including phenoxy) is 1. The Morgan fingerprint density at radius 2 is 1.90 bits per heavy atom. The monoisotopic (exact) mass is 445 g/mol. The first kappa shape index (κ1) is 20.6. The van der Waals surface area contributed by atoms with E-state index in [1.807, 2.05) is 25.1 Å². The second-order valence-corrected chi connectivity index (χ2v) is 9.23. The normalized spacial score (nSPS) is 24.1. The summed E-state index contributed by atoms with van der Waals surface area (Å²) in [7, 11) is 1.28. The topological polar surface area (TPSA) is 92.7 Å². The molecule has 2 bridgehead atoms. The summed E-state index contributed by atoms with van der Waals surface area (Å²) in [6, 6.07) is 7.10. The van der Waals surface area contributed by atoms with Crippen molar-refractivity contribution in [3.8, 4) is 11.1 Å². The smallest absolute Gasteiger partial charge is 0.341 e. The first-order valence-electron chi connectivity index (χ1n) is 9.51. The van der Waals surface area contributed by atoms with Crippen LogP contribution >= 0.6 is 22.9 Å². The Morgan fingerprint density at radius 1 is 1.20 bits per heavy atom. The molecule has 2 N–H and O–H groups in total. The molecule has 4 rings (SSSR count). The zero-order valence-corrected chi connectivity index (χ0v) is 17.9. The summed E-state index contributed by atoms with van der Waals surface area (Å²) < 4.78 is 4.98. The van der Waals surface area contributed by atoms with E-state index in [-0.39, 0.29) is 23.3 Å². The van der Waals surface area contributed by atoms with Crippen LogP contribution in [0, 0.1) is 30.6 Å². The van der Waals surface area contributed by atoms with Crippen molar-refractivity contribution in [3.63, 3.8) is 0 Å². The summed E-state index contributed by atoms with van der Waals surface area (Å²) in [5.74, 6) is -3.59. The molecule has 6 nitrogen and oxygen atoms in total. The fourth-order valence-corrected chi connectivity index (χ4v) is 5.89. The number of fused-ring (bicyclic) bond motifs is 2. The van der Waals surface area contributed by atoms with Crippen molar-refractivity contribution in [2.75, 3.05) is 12.4 Å². The lowest BCUT2D eigenvalue weighted by Gasteiger charge is -2.23. The largest absolute Gasteiger partial charge is 0.481 e. The molecular weight excluding hydrogens is 426 g/mol. The number of aryl methyl sites for hydroxylation is 1. The Hall–Kier alpha value is -2.64. The third kappa shape index (κ3) is 3.42. The van der Waals surface area contributed by atoms with Gasteiger partial charge in [-0.15, -0.1) is 11.3 Å². The molecule has 1 fully saturated rings. The van der Waals surface area contributed by atoms with Crippen molar-refractivity contribution in [2.24, 2.45) is 23.7 Å².